The van der Waals surface area contributed by atoms with Crippen molar-refractivity contribution in [1.82, 2.24) is 20.9 Å². The van der Waals surface area contributed by atoms with Gasteiger partial charge in [-0.2, -0.15) is 0 Å². The van der Waals surface area contributed by atoms with Crippen molar-refractivity contribution in [2.75, 3.05) is 19.6 Å². The number of guanidine groups is 2. The van der Waals surface area contributed by atoms with Crippen LogP contribution >= 0.6 is 0 Å². The summed E-state index contributed by atoms with van der Waals surface area (Å²) in [5.74, 6) is -6.79. The molecule has 246 valence electrons. The van der Waals surface area contributed by atoms with Gasteiger partial charge < -0.3 is 60.4 Å². The molecule has 20 nitrogen and oxygen atoms in total. The molecule has 1 unspecified atom stereocenters. The minimum atomic E-state index is -1.55. The highest BCUT2D eigenvalue weighted by molar-refractivity contribution is 6.01. The Labute approximate surface area is 252 Å². The third kappa shape index (κ3) is 13.7. The summed E-state index contributed by atoms with van der Waals surface area (Å²) in [6.07, 6.45) is -0.193. The van der Waals surface area contributed by atoms with Crippen molar-refractivity contribution in [3.63, 3.8) is 0 Å². The predicted molar refractivity (Wildman–Crippen MR) is 156 cm³/mol. The minimum absolute atomic E-state index is 0.0193. The highest BCUT2D eigenvalue weighted by Gasteiger charge is 2.38. The topological polar surface area (TPSA) is 360 Å². The Kier molecular flexibility index (Phi) is 15.4. The standard InChI is InChI=1S/C24H42N12O8/c25-19(41)12(4-1-7-31-23(27)28)35-21(43)15-6-3-9-36(15)22(44)13(5-2-8-32-24(29)30)33-16(37)11-17(38)34-14(20(26)42)10-18(39)40/h12-15H,1-11H2,(H2,25,41)(H2,26,42)(H,33,37)(H,34,38)(H,35,43)(H,39,40)(H4,27,28,31)(H4,29,30,32)/t12?,13-,14-,15+/m0/s1. The van der Waals surface area contributed by atoms with Gasteiger partial charge in [0.05, 0.1) is 6.42 Å². The lowest BCUT2D eigenvalue weighted by Gasteiger charge is -2.29. The van der Waals surface area contributed by atoms with E-state index in [-0.39, 0.29) is 57.2 Å². The van der Waals surface area contributed by atoms with Gasteiger partial charge in [-0.15, -0.1) is 0 Å². The average Bonchev–Trinajstić information content (AvgIpc) is 3.40. The monoisotopic (exact) mass is 626 g/mol. The number of rotatable bonds is 19. The number of carbonyl (C=O) groups is 7. The van der Waals surface area contributed by atoms with Crippen molar-refractivity contribution in [2.24, 2.45) is 44.4 Å². The number of hydrogen-bond acceptors (Lipinski definition) is 9. The zero-order chi connectivity index (χ0) is 33.4. The Bertz CT molecular complexity index is 1140. The molecule has 6 amide bonds. The Morgan fingerprint density at radius 1 is 0.750 bits per heavy atom. The number of nitrogens with zero attached hydrogens (tertiary/aromatic N) is 3. The third-order valence-corrected chi connectivity index (χ3v) is 6.40. The van der Waals surface area contributed by atoms with Gasteiger partial charge in [-0.3, -0.25) is 43.5 Å². The first-order chi connectivity index (χ1) is 20.6. The van der Waals surface area contributed by atoms with E-state index in [4.69, 9.17) is 39.5 Å². The first-order valence-electron chi connectivity index (χ1n) is 13.7. The number of primary amides is 2. The zero-order valence-electron chi connectivity index (χ0n) is 24.2. The van der Waals surface area contributed by atoms with Gasteiger partial charge in [-0.05, 0) is 38.5 Å². The van der Waals surface area contributed by atoms with Crippen LogP contribution in [0.3, 0.4) is 0 Å². The molecule has 0 aromatic rings. The van der Waals surface area contributed by atoms with Crippen molar-refractivity contribution in [3.05, 3.63) is 0 Å². The van der Waals surface area contributed by atoms with Crippen LogP contribution < -0.4 is 50.4 Å². The first kappa shape index (κ1) is 36.9. The van der Waals surface area contributed by atoms with Gasteiger partial charge in [0.15, 0.2) is 11.9 Å². The Morgan fingerprint density at radius 3 is 1.73 bits per heavy atom. The number of carboxylic acids is 1. The number of likely N-dealkylation sites (tertiary alicyclic amines) is 1. The maximum absolute atomic E-state index is 13.6. The molecule has 0 aromatic carbocycles. The van der Waals surface area contributed by atoms with Gasteiger partial charge in [-0.25, -0.2) is 0 Å². The summed E-state index contributed by atoms with van der Waals surface area (Å²) in [7, 11) is 0. The number of aliphatic carboxylic acids is 1. The number of carbonyl (C=O) groups excluding carboxylic acids is 6. The highest BCUT2D eigenvalue weighted by atomic mass is 16.4. The van der Waals surface area contributed by atoms with Gasteiger partial charge in [-0.1, -0.05) is 0 Å². The van der Waals surface area contributed by atoms with Crippen molar-refractivity contribution in [3.8, 4) is 0 Å². The molecule has 1 aliphatic rings. The number of nitrogens with two attached hydrogens (primary N) is 6. The van der Waals surface area contributed by atoms with Crippen LogP contribution in [0.5, 0.6) is 0 Å². The van der Waals surface area contributed by atoms with Crippen LogP contribution in [0.1, 0.15) is 51.4 Å². The molecule has 0 saturated carbocycles. The van der Waals surface area contributed by atoms with Crippen molar-refractivity contribution >= 4 is 53.3 Å². The van der Waals surface area contributed by atoms with Gasteiger partial charge in [0.25, 0.3) is 0 Å². The lowest BCUT2D eigenvalue weighted by atomic mass is 10.1. The normalized spacial score (nSPS) is 16.0. The second kappa shape index (κ2) is 18.4. The van der Waals surface area contributed by atoms with E-state index < -0.39 is 78.4 Å². The lowest BCUT2D eigenvalue weighted by molar-refractivity contribution is -0.142. The summed E-state index contributed by atoms with van der Waals surface area (Å²) in [5, 5.41) is 16.0. The number of hydrogen-bond donors (Lipinski definition) is 10. The fourth-order valence-electron chi connectivity index (χ4n) is 4.36. The van der Waals surface area contributed by atoms with Crippen LogP contribution in [0.25, 0.3) is 0 Å². The quantitative estimate of drug-likeness (QED) is 0.0277. The van der Waals surface area contributed by atoms with Gasteiger partial charge in [0.2, 0.25) is 35.4 Å². The van der Waals surface area contributed by atoms with E-state index >= 15 is 0 Å². The first-order valence-corrected chi connectivity index (χ1v) is 13.7. The van der Waals surface area contributed by atoms with Crippen LogP contribution in [-0.4, -0.2) is 107 Å². The summed E-state index contributed by atoms with van der Waals surface area (Å²) in [4.78, 5) is 94.9. The molecule has 44 heavy (non-hydrogen) atoms. The van der Waals surface area contributed by atoms with E-state index in [1.807, 2.05) is 0 Å². The summed E-state index contributed by atoms with van der Waals surface area (Å²) in [6.45, 7) is 0.485. The summed E-state index contributed by atoms with van der Waals surface area (Å²) < 4.78 is 0. The number of nitrogens with one attached hydrogen (secondary N) is 3. The van der Waals surface area contributed by atoms with E-state index in [1.165, 1.54) is 4.90 Å². The van der Waals surface area contributed by atoms with Crippen molar-refractivity contribution in [2.45, 2.75) is 75.5 Å². The molecule has 1 heterocycles. The second-order valence-corrected chi connectivity index (χ2v) is 9.97. The summed E-state index contributed by atoms with van der Waals surface area (Å²) >= 11 is 0. The fourth-order valence-corrected chi connectivity index (χ4v) is 4.36. The van der Waals surface area contributed by atoms with Crippen LogP contribution in [0.15, 0.2) is 9.98 Å². The molecule has 16 N–H and O–H groups in total. The van der Waals surface area contributed by atoms with Gasteiger partial charge in [0.1, 0.15) is 30.6 Å². The van der Waals surface area contributed by atoms with Crippen LogP contribution in [0.4, 0.5) is 0 Å². The molecule has 0 aliphatic carbocycles. The Balaban J connectivity index is 2.99. The fraction of sp³-hybridized carbons (Fsp3) is 0.625. The van der Waals surface area contributed by atoms with E-state index in [1.54, 1.807) is 0 Å². The Hall–Kier alpha value is -5.17. The number of aliphatic imine (C=N–C) groups is 2. The predicted octanol–water partition coefficient (Wildman–Crippen LogP) is -5.63. The third-order valence-electron chi connectivity index (χ3n) is 6.40. The van der Waals surface area contributed by atoms with E-state index in [0.29, 0.717) is 12.8 Å². The molecule has 0 radical (unpaired) electrons. The smallest absolute Gasteiger partial charge is 0.305 e. The maximum Gasteiger partial charge on any atom is 0.305 e. The molecule has 1 saturated heterocycles. The maximum atomic E-state index is 13.6. The van der Waals surface area contributed by atoms with Crippen LogP contribution in [-0.2, 0) is 33.6 Å². The summed E-state index contributed by atoms with van der Waals surface area (Å²) in [5.41, 5.74) is 31.8. The average molecular weight is 627 g/mol. The molecule has 1 fully saturated rings. The minimum Gasteiger partial charge on any atom is -0.481 e. The molecular formula is C24H42N12O8. The van der Waals surface area contributed by atoms with Crippen LogP contribution in [0.2, 0.25) is 0 Å². The molecule has 1 aliphatic heterocycles. The number of amides is 6. The van der Waals surface area contributed by atoms with E-state index in [2.05, 4.69) is 25.9 Å². The number of carboxylic acid groups (broad SMARTS) is 1. The molecule has 0 aromatic heterocycles. The van der Waals surface area contributed by atoms with Crippen molar-refractivity contribution in [1.29, 1.82) is 0 Å². The molecule has 0 spiro atoms. The lowest BCUT2D eigenvalue weighted by Crippen LogP contribution is -2.56. The van der Waals surface area contributed by atoms with Gasteiger partial charge >= 0.3 is 5.97 Å². The molecule has 20 heteroatoms. The molecule has 1 rings (SSSR count). The van der Waals surface area contributed by atoms with E-state index in [0.717, 1.165) is 0 Å². The molecular weight excluding hydrogens is 584 g/mol. The molecule has 4 atom stereocenters. The molecule has 0 bridgehead atoms. The highest BCUT2D eigenvalue weighted by Crippen LogP contribution is 2.20. The Morgan fingerprint density at radius 2 is 1.25 bits per heavy atom. The largest absolute Gasteiger partial charge is 0.481 e. The van der Waals surface area contributed by atoms with E-state index in [9.17, 15) is 33.6 Å². The van der Waals surface area contributed by atoms with Gasteiger partial charge in [0, 0.05) is 19.6 Å². The van der Waals surface area contributed by atoms with Crippen LogP contribution in [0, 0.1) is 0 Å². The SMILES string of the molecule is NC(=O)C(CCCN=C(N)N)NC(=O)[C@H]1CCCN1C(=O)[C@H](CCCN=C(N)N)NC(=O)CC(=O)N[C@@H](CC(=O)O)C(N)=O. The second-order valence-electron chi connectivity index (χ2n) is 9.97. The summed E-state index contributed by atoms with van der Waals surface area (Å²) in [6, 6.07) is -4.79. The zero-order valence-corrected chi connectivity index (χ0v) is 24.2. The van der Waals surface area contributed by atoms with Crippen molar-refractivity contribution < 1.29 is 38.7 Å².